The average Bonchev–Trinajstić information content (AvgIpc) is 3.34. The standard InChI is InChI=1S/C17H17ClN4O2/c18-14-3-1-12(2-4-14)16-20-15(24-21-16)5-8-22-9-7-19-17(22)13-6-10-23-11-13/h1-4,7,9,13H,5-6,8,10-11H2/t13-/m1/s1. The third-order valence-electron chi connectivity index (χ3n) is 4.18. The molecule has 7 heteroatoms. The van der Waals surface area contributed by atoms with E-state index in [4.69, 9.17) is 20.9 Å². The molecule has 0 aliphatic carbocycles. The number of ether oxygens (including phenoxy) is 1. The zero-order valence-electron chi connectivity index (χ0n) is 13.1. The zero-order chi connectivity index (χ0) is 16.4. The lowest BCUT2D eigenvalue weighted by Gasteiger charge is -2.10. The van der Waals surface area contributed by atoms with Crippen molar-refractivity contribution in [2.24, 2.45) is 0 Å². The van der Waals surface area contributed by atoms with Gasteiger partial charge in [-0.15, -0.1) is 0 Å². The number of hydrogen-bond acceptors (Lipinski definition) is 5. The van der Waals surface area contributed by atoms with Crippen LogP contribution >= 0.6 is 11.6 Å². The Labute approximate surface area is 144 Å². The molecule has 0 N–H and O–H groups in total. The Balaban J connectivity index is 1.44. The number of hydrogen-bond donors (Lipinski definition) is 0. The van der Waals surface area contributed by atoms with E-state index in [1.807, 2.05) is 36.7 Å². The summed E-state index contributed by atoms with van der Waals surface area (Å²) in [4.78, 5) is 8.93. The number of rotatable bonds is 5. The van der Waals surface area contributed by atoms with Crippen LogP contribution in [0.1, 0.15) is 24.1 Å². The number of imidazole rings is 1. The van der Waals surface area contributed by atoms with Gasteiger partial charge in [0.25, 0.3) is 0 Å². The number of benzene rings is 1. The Morgan fingerprint density at radius 2 is 2.12 bits per heavy atom. The summed E-state index contributed by atoms with van der Waals surface area (Å²) in [7, 11) is 0. The molecule has 1 atom stereocenters. The molecular weight excluding hydrogens is 328 g/mol. The molecule has 1 aliphatic heterocycles. The van der Waals surface area contributed by atoms with Crippen LogP contribution in [0.4, 0.5) is 0 Å². The first-order valence-electron chi connectivity index (χ1n) is 7.97. The molecule has 24 heavy (non-hydrogen) atoms. The summed E-state index contributed by atoms with van der Waals surface area (Å²) in [6.45, 7) is 2.32. The van der Waals surface area contributed by atoms with Gasteiger partial charge in [-0.1, -0.05) is 16.8 Å². The van der Waals surface area contributed by atoms with Crippen molar-refractivity contribution in [1.82, 2.24) is 19.7 Å². The van der Waals surface area contributed by atoms with Crippen LogP contribution in [-0.2, 0) is 17.7 Å². The van der Waals surface area contributed by atoms with Gasteiger partial charge < -0.3 is 13.8 Å². The fourth-order valence-corrected chi connectivity index (χ4v) is 3.02. The van der Waals surface area contributed by atoms with E-state index in [2.05, 4.69) is 19.7 Å². The predicted octanol–water partition coefficient (Wildman–Crippen LogP) is 3.33. The second kappa shape index (κ2) is 6.75. The summed E-state index contributed by atoms with van der Waals surface area (Å²) in [6, 6.07) is 7.39. The van der Waals surface area contributed by atoms with Gasteiger partial charge in [0.1, 0.15) is 5.82 Å². The molecule has 124 valence electrons. The topological polar surface area (TPSA) is 66.0 Å². The maximum atomic E-state index is 5.90. The molecule has 2 aromatic heterocycles. The average molecular weight is 345 g/mol. The van der Waals surface area contributed by atoms with Crippen molar-refractivity contribution >= 4 is 11.6 Å². The van der Waals surface area contributed by atoms with Crippen molar-refractivity contribution in [1.29, 1.82) is 0 Å². The molecule has 3 aromatic rings. The number of aryl methyl sites for hydroxylation is 2. The maximum absolute atomic E-state index is 5.90. The van der Waals surface area contributed by atoms with Crippen molar-refractivity contribution in [2.75, 3.05) is 13.2 Å². The lowest BCUT2D eigenvalue weighted by molar-refractivity contribution is 0.192. The smallest absolute Gasteiger partial charge is 0.228 e. The Kier molecular flexibility index (Phi) is 4.32. The molecule has 1 aromatic carbocycles. The normalized spacial score (nSPS) is 17.5. The van der Waals surface area contributed by atoms with E-state index in [1.54, 1.807) is 0 Å². The van der Waals surface area contributed by atoms with Crippen molar-refractivity contribution in [3.63, 3.8) is 0 Å². The maximum Gasteiger partial charge on any atom is 0.228 e. The van der Waals surface area contributed by atoms with Crippen molar-refractivity contribution < 1.29 is 9.26 Å². The third kappa shape index (κ3) is 3.20. The molecule has 0 amide bonds. The van der Waals surface area contributed by atoms with E-state index in [1.165, 1.54) is 0 Å². The van der Waals surface area contributed by atoms with Crippen molar-refractivity contribution in [2.45, 2.75) is 25.3 Å². The highest BCUT2D eigenvalue weighted by Crippen LogP contribution is 2.24. The molecular formula is C17H17ClN4O2. The molecule has 0 radical (unpaired) electrons. The van der Waals surface area contributed by atoms with Crippen LogP contribution in [0.3, 0.4) is 0 Å². The summed E-state index contributed by atoms with van der Waals surface area (Å²) in [6.07, 6.45) is 5.51. The molecule has 1 saturated heterocycles. The van der Waals surface area contributed by atoms with E-state index in [9.17, 15) is 0 Å². The summed E-state index contributed by atoms with van der Waals surface area (Å²) < 4.78 is 13.0. The van der Waals surface area contributed by atoms with E-state index in [-0.39, 0.29) is 0 Å². The van der Waals surface area contributed by atoms with Crippen LogP contribution in [0.15, 0.2) is 41.2 Å². The lowest BCUT2D eigenvalue weighted by Crippen LogP contribution is -2.10. The largest absolute Gasteiger partial charge is 0.381 e. The summed E-state index contributed by atoms with van der Waals surface area (Å²) in [5.41, 5.74) is 0.890. The Morgan fingerprint density at radius 1 is 1.25 bits per heavy atom. The third-order valence-corrected chi connectivity index (χ3v) is 4.43. The molecule has 4 rings (SSSR count). The van der Waals surface area contributed by atoms with Gasteiger partial charge in [0.2, 0.25) is 11.7 Å². The van der Waals surface area contributed by atoms with Gasteiger partial charge in [0, 0.05) is 48.5 Å². The van der Waals surface area contributed by atoms with Gasteiger partial charge in [-0.3, -0.25) is 0 Å². The van der Waals surface area contributed by atoms with E-state index < -0.39 is 0 Å². The second-order valence-electron chi connectivity index (χ2n) is 5.81. The monoisotopic (exact) mass is 344 g/mol. The fraction of sp³-hybridized carbons (Fsp3) is 0.353. The van der Waals surface area contributed by atoms with Crippen LogP contribution in [0.5, 0.6) is 0 Å². The first kappa shape index (κ1) is 15.4. The van der Waals surface area contributed by atoms with Crippen LogP contribution in [0.25, 0.3) is 11.4 Å². The Morgan fingerprint density at radius 3 is 2.92 bits per heavy atom. The summed E-state index contributed by atoms with van der Waals surface area (Å²) >= 11 is 5.90. The van der Waals surface area contributed by atoms with E-state index in [0.29, 0.717) is 29.1 Å². The van der Waals surface area contributed by atoms with Gasteiger partial charge in [-0.05, 0) is 30.7 Å². The lowest BCUT2D eigenvalue weighted by atomic mass is 10.1. The van der Waals surface area contributed by atoms with Gasteiger partial charge >= 0.3 is 0 Å². The molecule has 3 heterocycles. The molecule has 0 bridgehead atoms. The van der Waals surface area contributed by atoms with Crippen LogP contribution in [-0.4, -0.2) is 32.9 Å². The SMILES string of the molecule is Clc1ccc(-c2noc(CCn3ccnc3[C@@H]3CCOC3)n2)cc1. The minimum Gasteiger partial charge on any atom is -0.381 e. The molecule has 1 aliphatic rings. The zero-order valence-corrected chi connectivity index (χ0v) is 13.8. The fourth-order valence-electron chi connectivity index (χ4n) is 2.90. The van der Waals surface area contributed by atoms with E-state index in [0.717, 1.165) is 37.6 Å². The first-order chi connectivity index (χ1) is 11.8. The molecule has 0 saturated carbocycles. The van der Waals surface area contributed by atoms with Gasteiger partial charge in [-0.2, -0.15) is 4.98 Å². The predicted molar refractivity (Wildman–Crippen MR) is 88.9 cm³/mol. The van der Waals surface area contributed by atoms with Crippen LogP contribution in [0, 0.1) is 0 Å². The van der Waals surface area contributed by atoms with Crippen molar-refractivity contribution in [3.05, 3.63) is 53.4 Å². The van der Waals surface area contributed by atoms with Crippen molar-refractivity contribution in [3.8, 4) is 11.4 Å². The van der Waals surface area contributed by atoms with Crippen LogP contribution in [0.2, 0.25) is 5.02 Å². The van der Waals surface area contributed by atoms with E-state index >= 15 is 0 Å². The minimum atomic E-state index is 0.382. The van der Waals surface area contributed by atoms with Crippen LogP contribution < -0.4 is 0 Å². The number of aromatic nitrogens is 4. The van der Waals surface area contributed by atoms with Gasteiger partial charge in [0.05, 0.1) is 6.61 Å². The Hall–Kier alpha value is -2.18. The first-order valence-corrected chi connectivity index (χ1v) is 8.35. The molecule has 1 fully saturated rings. The molecule has 0 spiro atoms. The molecule has 0 unspecified atom stereocenters. The second-order valence-corrected chi connectivity index (χ2v) is 6.24. The summed E-state index contributed by atoms with van der Waals surface area (Å²) in [5.74, 6) is 2.65. The minimum absolute atomic E-state index is 0.382. The quantitative estimate of drug-likeness (QED) is 0.710. The number of nitrogens with zero attached hydrogens (tertiary/aromatic N) is 4. The highest BCUT2D eigenvalue weighted by molar-refractivity contribution is 6.30. The highest BCUT2D eigenvalue weighted by Gasteiger charge is 2.22. The van der Waals surface area contributed by atoms with Gasteiger partial charge in [0.15, 0.2) is 0 Å². The summed E-state index contributed by atoms with van der Waals surface area (Å²) in [5, 5.41) is 4.73. The highest BCUT2D eigenvalue weighted by atomic mass is 35.5. The Bertz CT molecular complexity index is 806. The van der Waals surface area contributed by atoms with Gasteiger partial charge in [-0.25, -0.2) is 4.98 Å². The molecule has 6 nitrogen and oxygen atoms in total. The number of halogens is 1.